The summed E-state index contributed by atoms with van der Waals surface area (Å²) in [5, 5.41) is 2.63. The summed E-state index contributed by atoms with van der Waals surface area (Å²) in [5.41, 5.74) is -4.62. The molecule has 1 aromatic carbocycles. The lowest BCUT2D eigenvalue weighted by Crippen LogP contribution is -2.24. The molecule has 0 unspecified atom stereocenters. The number of benzene rings is 1. The van der Waals surface area contributed by atoms with Crippen LogP contribution >= 0.6 is 0 Å². The van der Waals surface area contributed by atoms with Gasteiger partial charge in [0.1, 0.15) is 0 Å². The van der Waals surface area contributed by atoms with E-state index in [1.54, 1.807) is 6.92 Å². The Bertz CT molecular complexity index is 597. The Morgan fingerprint density at radius 1 is 1.33 bits per heavy atom. The highest BCUT2D eigenvalue weighted by molar-refractivity contribution is 7.92. The highest BCUT2D eigenvalue weighted by atomic mass is 32.2. The van der Waals surface area contributed by atoms with Gasteiger partial charge in [-0.15, -0.1) is 0 Å². The standard InChI is InChI=1S/C13H16F3NO3S/c1-10(2)9-20-8-7-17-11-5-3-4-6-12(11)21(18,19)13(14,15)16/h3-6,17H,1,7-9H2,2H3. The van der Waals surface area contributed by atoms with Crippen molar-refractivity contribution in [3.05, 3.63) is 36.4 Å². The number of hydrogen-bond donors (Lipinski definition) is 1. The summed E-state index contributed by atoms with van der Waals surface area (Å²) in [6, 6.07) is 4.88. The van der Waals surface area contributed by atoms with Crippen molar-refractivity contribution in [3.8, 4) is 0 Å². The molecule has 0 spiro atoms. The summed E-state index contributed by atoms with van der Waals surface area (Å²) in [6.07, 6.45) is 0. The Morgan fingerprint density at radius 3 is 2.52 bits per heavy atom. The number of sulfone groups is 1. The van der Waals surface area contributed by atoms with E-state index in [1.807, 2.05) is 0 Å². The molecule has 0 saturated heterocycles. The number of alkyl halides is 3. The average Bonchev–Trinajstić information content (AvgIpc) is 2.37. The highest BCUT2D eigenvalue weighted by Gasteiger charge is 2.47. The number of halogens is 3. The van der Waals surface area contributed by atoms with E-state index < -0.39 is 20.2 Å². The molecule has 21 heavy (non-hydrogen) atoms. The number of rotatable bonds is 7. The predicted octanol–water partition coefficient (Wildman–Crippen LogP) is 2.98. The van der Waals surface area contributed by atoms with Crippen LogP contribution in [0.5, 0.6) is 0 Å². The minimum Gasteiger partial charge on any atom is -0.382 e. The van der Waals surface area contributed by atoms with Crippen LogP contribution in [0.1, 0.15) is 6.92 Å². The molecule has 1 N–H and O–H groups in total. The van der Waals surface area contributed by atoms with Crippen molar-refractivity contribution in [3.63, 3.8) is 0 Å². The van der Waals surface area contributed by atoms with Gasteiger partial charge in [-0.25, -0.2) is 8.42 Å². The van der Waals surface area contributed by atoms with Crippen LogP contribution < -0.4 is 5.32 Å². The molecule has 8 heteroatoms. The van der Waals surface area contributed by atoms with Gasteiger partial charge in [0.05, 0.1) is 23.8 Å². The summed E-state index contributed by atoms with van der Waals surface area (Å²) in [6.45, 7) is 6.14. The molecule has 1 rings (SSSR count). The maximum atomic E-state index is 12.6. The molecule has 0 aliphatic heterocycles. The molecule has 0 fully saturated rings. The molecular formula is C13H16F3NO3S. The topological polar surface area (TPSA) is 55.4 Å². The van der Waals surface area contributed by atoms with Gasteiger partial charge < -0.3 is 10.1 Å². The number of nitrogens with one attached hydrogen (secondary N) is 1. The highest BCUT2D eigenvalue weighted by Crippen LogP contribution is 2.34. The van der Waals surface area contributed by atoms with E-state index in [9.17, 15) is 21.6 Å². The van der Waals surface area contributed by atoms with Crippen LogP contribution in [0.2, 0.25) is 0 Å². The van der Waals surface area contributed by atoms with Crippen LogP contribution in [0.25, 0.3) is 0 Å². The van der Waals surface area contributed by atoms with E-state index in [-0.39, 0.29) is 18.8 Å². The van der Waals surface area contributed by atoms with Crippen LogP contribution in [0.3, 0.4) is 0 Å². The lowest BCUT2D eigenvalue weighted by Gasteiger charge is -2.14. The zero-order valence-corrected chi connectivity index (χ0v) is 12.2. The molecule has 0 amide bonds. The molecule has 0 aliphatic carbocycles. The number of para-hydroxylation sites is 1. The smallest absolute Gasteiger partial charge is 0.382 e. The molecule has 118 valence electrons. The minimum atomic E-state index is -5.38. The lowest BCUT2D eigenvalue weighted by molar-refractivity contribution is -0.0435. The molecule has 4 nitrogen and oxygen atoms in total. The monoisotopic (exact) mass is 323 g/mol. The lowest BCUT2D eigenvalue weighted by atomic mass is 10.3. The van der Waals surface area contributed by atoms with Crippen molar-refractivity contribution in [1.82, 2.24) is 0 Å². The first-order valence-electron chi connectivity index (χ1n) is 6.02. The van der Waals surface area contributed by atoms with Gasteiger partial charge in [0, 0.05) is 6.54 Å². The van der Waals surface area contributed by atoms with Gasteiger partial charge in [-0.05, 0) is 19.1 Å². The second kappa shape index (κ2) is 6.95. The van der Waals surface area contributed by atoms with Gasteiger partial charge >= 0.3 is 5.51 Å². The van der Waals surface area contributed by atoms with Crippen LogP contribution in [0.4, 0.5) is 18.9 Å². The summed E-state index contributed by atoms with van der Waals surface area (Å²) in [4.78, 5) is -0.794. The second-order valence-electron chi connectivity index (χ2n) is 4.38. The summed E-state index contributed by atoms with van der Waals surface area (Å²) >= 11 is 0. The SMILES string of the molecule is C=C(C)COCCNc1ccccc1S(=O)(=O)C(F)(F)F. The van der Waals surface area contributed by atoms with Crippen LogP contribution in [-0.2, 0) is 14.6 Å². The van der Waals surface area contributed by atoms with E-state index in [4.69, 9.17) is 4.74 Å². The Kier molecular flexibility index (Phi) is 5.79. The van der Waals surface area contributed by atoms with Crippen LogP contribution in [0.15, 0.2) is 41.3 Å². The molecule has 0 radical (unpaired) electrons. The van der Waals surface area contributed by atoms with E-state index in [0.717, 1.165) is 11.6 Å². The fourth-order valence-corrected chi connectivity index (χ4v) is 2.41. The average molecular weight is 323 g/mol. The number of hydrogen-bond acceptors (Lipinski definition) is 4. The van der Waals surface area contributed by atoms with Crippen molar-refractivity contribution in [2.75, 3.05) is 25.1 Å². The zero-order chi connectivity index (χ0) is 16.1. The zero-order valence-electron chi connectivity index (χ0n) is 11.4. The summed E-state index contributed by atoms with van der Waals surface area (Å²) < 4.78 is 65.8. The Labute approximate surface area is 121 Å². The summed E-state index contributed by atoms with van der Waals surface area (Å²) in [5.74, 6) is 0. The molecule has 0 aliphatic rings. The van der Waals surface area contributed by atoms with E-state index in [2.05, 4.69) is 11.9 Å². The first-order valence-corrected chi connectivity index (χ1v) is 7.51. The molecule has 0 bridgehead atoms. The largest absolute Gasteiger partial charge is 0.501 e. The van der Waals surface area contributed by atoms with E-state index in [0.29, 0.717) is 6.61 Å². The first-order chi connectivity index (χ1) is 9.66. The third kappa shape index (κ3) is 4.75. The predicted molar refractivity (Wildman–Crippen MR) is 73.8 cm³/mol. The van der Waals surface area contributed by atoms with E-state index in [1.165, 1.54) is 18.2 Å². The third-order valence-corrected chi connectivity index (χ3v) is 3.94. The Hall–Kier alpha value is -1.54. The summed E-state index contributed by atoms with van der Waals surface area (Å²) in [7, 11) is -5.38. The quantitative estimate of drug-likeness (QED) is 0.619. The maximum absolute atomic E-state index is 12.6. The van der Waals surface area contributed by atoms with Gasteiger partial charge in [-0.3, -0.25) is 0 Å². The molecular weight excluding hydrogens is 307 g/mol. The second-order valence-corrected chi connectivity index (χ2v) is 6.29. The van der Waals surface area contributed by atoms with Gasteiger partial charge in [-0.1, -0.05) is 24.3 Å². The van der Waals surface area contributed by atoms with Crippen molar-refractivity contribution >= 4 is 15.5 Å². The Balaban J connectivity index is 2.79. The molecule has 0 heterocycles. The molecule has 0 aromatic heterocycles. The van der Waals surface area contributed by atoms with Crippen molar-refractivity contribution < 1.29 is 26.3 Å². The van der Waals surface area contributed by atoms with E-state index >= 15 is 0 Å². The van der Waals surface area contributed by atoms with Crippen molar-refractivity contribution in [2.45, 2.75) is 17.3 Å². The fraction of sp³-hybridized carbons (Fsp3) is 0.385. The molecule has 0 atom stereocenters. The van der Waals surface area contributed by atoms with Gasteiger partial charge in [0.15, 0.2) is 0 Å². The maximum Gasteiger partial charge on any atom is 0.501 e. The number of anilines is 1. The first kappa shape index (κ1) is 17.5. The molecule has 0 saturated carbocycles. The van der Waals surface area contributed by atoms with Crippen molar-refractivity contribution in [2.24, 2.45) is 0 Å². The van der Waals surface area contributed by atoms with Gasteiger partial charge in [0.25, 0.3) is 9.84 Å². The van der Waals surface area contributed by atoms with Crippen LogP contribution in [-0.4, -0.2) is 33.7 Å². The fourth-order valence-electron chi connectivity index (χ4n) is 1.48. The van der Waals surface area contributed by atoms with Gasteiger partial charge in [-0.2, -0.15) is 13.2 Å². The Morgan fingerprint density at radius 2 is 1.95 bits per heavy atom. The third-order valence-electron chi connectivity index (χ3n) is 2.39. The normalized spacial score (nSPS) is 12.2. The number of ether oxygens (including phenoxy) is 1. The van der Waals surface area contributed by atoms with Crippen LogP contribution in [0, 0.1) is 0 Å². The molecule has 1 aromatic rings. The van der Waals surface area contributed by atoms with Crippen molar-refractivity contribution in [1.29, 1.82) is 0 Å². The van der Waals surface area contributed by atoms with Gasteiger partial charge in [0.2, 0.25) is 0 Å². The minimum absolute atomic E-state index is 0.103.